The standard InChI is InChI=1S/C10H8N2O2S/c1-14-10(13)9-3-2-8(15-9)7-4-11-6-12-5-7/h2-6H,1H3. The lowest BCUT2D eigenvalue weighted by Crippen LogP contribution is -1.96. The van der Waals surface area contributed by atoms with Crippen LogP contribution < -0.4 is 0 Å². The summed E-state index contributed by atoms with van der Waals surface area (Å²) >= 11 is 1.36. The topological polar surface area (TPSA) is 52.1 Å². The fraction of sp³-hybridized carbons (Fsp3) is 0.100. The van der Waals surface area contributed by atoms with Crippen LogP contribution in [-0.2, 0) is 4.74 Å². The quantitative estimate of drug-likeness (QED) is 0.726. The van der Waals surface area contributed by atoms with Crippen molar-refractivity contribution in [3.8, 4) is 10.4 Å². The van der Waals surface area contributed by atoms with Crippen LogP contribution in [0, 0.1) is 0 Å². The summed E-state index contributed by atoms with van der Waals surface area (Å²) in [5.41, 5.74) is 0.901. The molecule has 76 valence electrons. The summed E-state index contributed by atoms with van der Waals surface area (Å²) in [4.78, 5) is 20.6. The zero-order valence-corrected chi connectivity index (χ0v) is 8.82. The van der Waals surface area contributed by atoms with E-state index in [4.69, 9.17) is 0 Å². The molecule has 2 heterocycles. The molecule has 0 aliphatic heterocycles. The number of rotatable bonds is 2. The monoisotopic (exact) mass is 220 g/mol. The molecule has 0 atom stereocenters. The van der Waals surface area contributed by atoms with Gasteiger partial charge in [-0.25, -0.2) is 14.8 Å². The lowest BCUT2D eigenvalue weighted by atomic mass is 10.3. The molecular formula is C10H8N2O2S. The zero-order chi connectivity index (χ0) is 10.7. The van der Waals surface area contributed by atoms with Gasteiger partial charge in [0.15, 0.2) is 0 Å². The number of carbonyl (C=O) groups is 1. The van der Waals surface area contributed by atoms with Gasteiger partial charge in [0.05, 0.1) is 7.11 Å². The van der Waals surface area contributed by atoms with Gasteiger partial charge in [-0.05, 0) is 12.1 Å². The van der Waals surface area contributed by atoms with Gasteiger partial charge < -0.3 is 4.74 Å². The molecule has 0 aliphatic rings. The Balaban J connectivity index is 2.32. The fourth-order valence-electron chi connectivity index (χ4n) is 1.13. The van der Waals surface area contributed by atoms with Gasteiger partial charge in [-0.3, -0.25) is 0 Å². The molecule has 5 heteroatoms. The van der Waals surface area contributed by atoms with Crippen molar-refractivity contribution in [3.05, 3.63) is 35.7 Å². The average molecular weight is 220 g/mol. The second-order valence-corrected chi connectivity index (χ2v) is 3.87. The largest absolute Gasteiger partial charge is 0.465 e. The first-order chi connectivity index (χ1) is 7.31. The van der Waals surface area contributed by atoms with E-state index in [2.05, 4.69) is 14.7 Å². The summed E-state index contributed by atoms with van der Waals surface area (Å²) in [6.07, 6.45) is 4.89. The Morgan fingerprint density at radius 2 is 2.07 bits per heavy atom. The molecule has 0 bridgehead atoms. The molecule has 0 unspecified atom stereocenters. The SMILES string of the molecule is COC(=O)c1ccc(-c2cncnc2)s1. The zero-order valence-electron chi connectivity index (χ0n) is 8.01. The highest BCUT2D eigenvalue weighted by atomic mass is 32.1. The molecule has 0 N–H and O–H groups in total. The molecular weight excluding hydrogens is 212 g/mol. The Labute approximate surface area is 90.6 Å². The van der Waals surface area contributed by atoms with E-state index in [0.29, 0.717) is 4.88 Å². The van der Waals surface area contributed by atoms with Gasteiger partial charge in [0.25, 0.3) is 0 Å². The normalized spacial score (nSPS) is 9.93. The number of ether oxygens (including phenoxy) is 1. The van der Waals surface area contributed by atoms with E-state index in [1.807, 2.05) is 6.07 Å². The maximum atomic E-state index is 11.2. The van der Waals surface area contributed by atoms with Crippen molar-refractivity contribution in [3.63, 3.8) is 0 Å². The number of methoxy groups -OCH3 is 1. The summed E-state index contributed by atoms with van der Waals surface area (Å²) in [5.74, 6) is -0.317. The molecule has 0 amide bonds. The maximum Gasteiger partial charge on any atom is 0.348 e. The Hall–Kier alpha value is -1.75. The van der Waals surface area contributed by atoms with Gasteiger partial charge in [-0.1, -0.05) is 0 Å². The number of hydrogen-bond donors (Lipinski definition) is 0. The predicted molar refractivity (Wildman–Crippen MR) is 56.7 cm³/mol. The van der Waals surface area contributed by atoms with Crippen LogP contribution in [0.3, 0.4) is 0 Å². The average Bonchev–Trinajstić information content (AvgIpc) is 2.78. The molecule has 0 saturated heterocycles. The first-order valence-corrected chi connectivity index (χ1v) is 5.06. The second kappa shape index (κ2) is 4.18. The smallest absolute Gasteiger partial charge is 0.348 e. The Kier molecular flexibility index (Phi) is 2.73. The third-order valence-corrected chi connectivity index (χ3v) is 2.95. The number of nitrogens with zero attached hydrogens (tertiary/aromatic N) is 2. The van der Waals surface area contributed by atoms with E-state index in [9.17, 15) is 4.79 Å². The highest BCUT2D eigenvalue weighted by Gasteiger charge is 2.09. The predicted octanol–water partition coefficient (Wildman–Crippen LogP) is 1.99. The third kappa shape index (κ3) is 2.02. The number of esters is 1. The van der Waals surface area contributed by atoms with Crippen molar-refractivity contribution in [2.45, 2.75) is 0 Å². The summed E-state index contributed by atoms with van der Waals surface area (Å²) < 4.78 is 4.63. The lowest BCUT2D eigenvalue weighted by Gasteiger charge is -1.94. The van der Waals surface area contributed by atoms with E-state index < -0.39 is 0 Å². The first kappa shape index (κ1) is 9.79. The number of aromatic nitrogens is 2. The van der Waals surface area contributed by atoms with Crippen molar-refractivity contribution in [1.29, 1.82) is 0 Å². The van der Waals surface area contributed by atoms with E-state index >= 15 is 0 Å². The molecule has 2 aromatic rings. The van der Waals surface area contributed by atoms with Crippen LogP contribution in [0.5, 0.6) is 0 Å². The van der Waals surface area contributed by atoms with E-state index in [-0.39, 0.29) is 5.97 Å². The first-order valence-electron chi connectivity index (χ1n) is 4.25. The van der Waals surface area contributed by atoms with E-state index in [1.54, 1.807) is 18.5 Å². The Bertz CT molecular complexity index is 467. The second-order valence-electron chi connectivity index (χ2n) is 2.78. The molecule has 0 aromatic carbocycles. The van der Waals surface area contributed by atoms with Crippen molar-refractivity contribution < 1.29 is 9.53 Å². The van der Waals surface area contributed by atoms with Crippen LogP contribution >= 0.6 is 11.3 Å². The van der Waals surface area contributed by atoms with E-state index in [1.165, 1.54) is 24.8 Å². The summed E-state index contributed by atoms with van der Waals surface area (Å²) in [5, 5.41) is 0. The minimum Gasteiger partial charge on any atom is -0.465 e. The van der Waals surface area contributed by atoms with E-state index in [0.717, 1.165) is 10.4 Å². The number of hydrogen-bond acceptors (Lipinski definition) is 5. The van der Waals surface area contributed by atoms with Crippen molar-refractivity contribution in [2.24, 2.45) is 0 Å². The van der Waals surface area contributed by atoms with Crippen molar-refractivity contribution in [1.82, 2.24) is 9.97 Å². The highest BCUT2D eigenvalue weighted by molar-refractivity contribution is 7.17. The van der Waals surface area contributed by atoms with Gasteiger partial charge in [0, 0.05) is 22.8 Å². The highest BCUT2D eigenvalue weighted by Crippen LogP contribution is 2.27. The fourth-order valence-corrected chi connectivity index (χ4v) is 2.03. The van der Waals surface area contributed by atoms with Crippen LogP contribution in [-0.4, -0.2) is 23.0 Å². The van der Waals surface area contributed by atoms with Crippen LogP contribution in [0.15, 0.2) is 30.9 Å². The molecule has 2 aromatic heterocycles. The minimum absolute atomic E-state index is 0.317. The summed E-state index contributed by atoms with van der Waals surface area (Å²) in [6.45, 7) is 0. The number of thiophene rings is 1. The van der Waals surface area contributed by atoms with Crippen molar-refractivity contribution in [2.75, 3.05) is 7.11 Å². The molecule has 0 radical (unpaired) electrons. The van der Waals surface area contributed by atoms with Gasteiger partial charge in [-0.15, -0.1) is 11.3 Å². The minimum atomic E-state index is -0.317. The summed E-state index contributed by atoms with van der Waals surface area (Å²) in [6, 6.07) is 3.59. The molecule has 0 fully saturated rings. The van der Waals surface area contributed by atoms with Gasteiger partial charge >= 0.3 is 5.97 Å². The molecule has 2 rings (SSSR count). The molecule has 15 heavy (non-hydrogen) atoms. The molecule has 4 nitrogen and oxygen atoms in total. The van der Waals surface area contributed by atoms with Crippen molar-refractivity contribution >= 4 is 17.3 Å². The maximum absolute atomic E-state index is 11.2. The summed E-state index contributed by atoms with van der Waals surface area (Å²) in [7, 11) is 1.37. The lowest BCUT2D eigenvalue weighted by molar-refractivity contribution is 0.0606. The third-order valence-electron chi connectivity index (χ3n) is 1.84. The van der Waals surface area contributed by atoms with Crippen LogP contribution in [0.1, 0.15) is 9.67 Å². The Morgan fingerprint density at radius 1 is 1.33 bits per heavy atom. The van der Waals surface area contributed by atoms with Gasteiger partial charge in [0.2, 0.25) is 0 Å². The van der Waals surface area contributed by atoms with Crippen LogP contribution in [0.2, 0.25) is 0 Å². The van der Waals surface area contributed by atoms with Crippen LogP contribution in [0.25, 0.3) is 10.4 Å². The number of carbonyl (C=O) groups excluding carboxylic acids is 1. The van der Waals surface area contributed by atoms with Gasteiger partial charge in [0.1, 0.15) is 11.2 Å². The molecule has 0 aliphatic carbocycles. The van der Waals surface area contributed by atoms with Crippen LogP contribution in [0.4, 0.5) is 0 Å². The molecule has 0 spiro atoms. The van der Waals surface area contributed by atoms with Gasteiger partial charge in [-0.2, -0.15) is 0 Å². The Morgan fingerprint density at radius 3 is 2.73 bits per heavy atom. The molecule has 0 saturated carbocycles.